The highest BCUT2D eigenvalue weighted by Gasteiger charge is 2.33. The van der Waals surface area contributed by atoms with Crippen LogP contribution < -0.4 is 0 Å². The molecule has 2 aliphatic rings. The molecular formula is C28H29FN4O3. The van der Waals surface area contributed by atoms with Gasteiger partial charge in [0.15, 0.2) is 12.5 Å². The maximum Gasteiger partial charge on any atom is 0.253 e. The van der Waals surface area contributed by atoms with E-state index >= 15 is 0 Å². The summed E-state index contributed by atoms with van der Waals surface area (Å²) in [4.78, 5) is 35.0. The Balaban J connectivity index is 1.15. The van der Waals surface area contributed by atoms with Gasteiger partial charge in [-0.1, -0.05) is 30.3 Å². The molecule has 2 fully saturated rings. The number of hydrogen-bond donors (Lipinski definition) is 0. The van der Waals surface area contributed by atoms with E-state index in [1.807, 2.05) is 46.3 Å². The van der Waals surface area contributed by atoms with Crippen molar-refractivity contribution in [3.63, 3.8) is 0 Å². The predicted octanol–water partition coefficient (Wildman–Crippen LogP) is 3.28. The number of halogens is 1. The second-order valence-electron chi connectivity index (χ2n) is 9.26. The Kier molecular flexibility index (Phi) is 7.46. The van der Waals surface area contributed by atoms with Crippen LogP contribution in [0, 0.1) is 5.82 Å². The van der Waals surface area contributed by atoms with Gasteiger partial charge in [0.25, 0.3) is 5.91 Å². The summed E-state index contributed by atoms with van der Waals surface area (Å²) in [5, 5.41) is 0. The Hall–Kier alpha value is -3.46. The first kappa shape index (κ1) is 24.2. The van der Waals surface area contributed by atoms with E-state index in [4.69, 9.17) is 4.74 Å². The molecule has 1 aromatic heterocycles. The van der Waals surface area contributed by atoms with Crippen molar-refractivity contribution in [1.82, 2.24) is 19.7 Å². The number of piperazine rings is 1. The molecule has 2 saturated heterocycles. The van der Waals surface area contributed by atoms with Crippen LogP contribution in [-0.2, 0) is 22.6 Å². The number of hydrogen-bond acceptors (Lipinski definition) is 6. The van der Waals surface area contributed by atoms with E-state index in [2.05, 4.69) is 16.0 Å². The number of rotatable bonds is 7. The number of benzene rings is 2. The number of aromatic nitrogens is 1. The third kappa shape index (κ3) is 5.67. The number of ether oxygens (including phenoxy) is 1. The first-order valence-corrected chi connectivity index (χ1v) is 12.2. The van der Waals surface area contributed by atoms with Crippen molar-refractivity contribution in [3.05, 3.63) is 101 Å². The van der Waals surface area contributed by atoms with Crippen molar-refractivity contribution in [2.75, 3.05) is 32.7 Å². The lowest BCUT2D eigenvalue weighted by atomic mass is 10.1. The molecule has 186 valence electrons. The van der Waals surface area contributed by atoms with Gasteiger partial charge in [-0.3, -0.25) is 24.4 Å². The van der Waals surface area contributed by atoms with Gasteiger partial charge in [-0.25, -0.2) is 4.39 Å². The van der Waals surface area contributed by atoms with E-state index < -0.39 is 6.23 Å². The largest absolute Gasteiger partial charge is 0.347 e. The third-order valence-electron chi connectivity index (χ3n) is 6.80. The van der Waals surface area contributed by atoms with Gasteiger partial charge in [0.05, 0.1) is 6.10 Å². The molecule has 0 aliphatic carbocycles. The molecule has 1 amide bonds. The van der Waals surface area contributed by atoms with Crippen molar-refractivity contribution in [3.8, 4) is 0 Å². The number of amides is 1. The van der Waals surface area contributed by atoms with Gasteiger partial charge in [0, 0.05) is 63.8 Å². The number of nitrogens with zero attached hydrogens (tertiary/aromatic N) is 4. The molecule has 0 bridgehead atoms. The summed E-state index contributed by atoms with van der Waals surface area (Å²) in [6.07, 6.45) is 3.49. The van der Waals surface area contributed by atoms with Crippen molar-refractivity contribution in [2.45, 2.75) is 25.4 Å². The maximum atomic E-state index is 13.2. The summed E-state index contributed by atoms with van der Waals surface area (Å²) in [5.74, 6) is -0.268. The summed E-state index contributed by atoms with van der Waals surface area (Å²) in [6, 6.07) is 17.7. The first-order valence-electron chi connectivity index (χ1n) is 12.2. The fourth-order valence-electron chi connectivity index (χ4n) is 4.78. The molecule has 2 atom stereocenters. The molecular weight excluding hydrogens is 459 g/mol. The fourth-order valence-corrected chi connectivity index (χ4v) is 4.78. The van der Waals surface area contributed by atoms with E-state index in [1.165, 1.54) is 17.7 Å². The van der Waals surface area contributed by atoms with E-state index in [0.29, 0.717) is 31.7 Å². The van der Waals surface area contributed by atoms with Gasteiger partial charge >= 0.3 is 0 Å². The van der Waals surface area contributed by atoms with Crippen molar-refractivity contribution < 1.29 is 18.7 Å². The van der Waals surface area contributed by atoms with Crippen molar-refractivity contribution in [2.24, 2.45) is 0 Å². The lowest BCUT2D eigenvalue weighted by Crippen LogP contribution is -2.48. The average Bonchev–Trinajstić information content (AvgIpc) is 3.33. The molecule has 2 aliphatic heterocycles. The number of pyridine rings is 1. The topological polar surface area (TPSA) is 66.0 Å². The van der Waals surface area contributed by atoms with E-state index in [9.17, 15) is 14.0 Å². The van der Waals surface area contributed by atoms with E-state index in [0.717, 1.165) is 37.0 Å². The van der Waals surface area contributed by atoms with E-state index in [1.54, 1.807) is 18.3 Å². The van der Waals surface area contributed by atoms with Crippen LogP contribution in [0.1, 0.15) is 33.2 Å². The Morgan fingerprint density at radius 2 is 1.72 bits per heavy atom. The van der Waals surface area contributed by atoms with E-state index in [-0.39, 0.29) is 17.8 Å². The Morgan fingerprint density at radius 1 is 0.972 bits per heavy atom. The Labute approximate surface area is 210 Å². The number of carbonyl (C=O) groups is 2. The van der Waals surface area contributed by atoms with Gasteiger partial charge in [-0.2, -0.15) is 0 Å². The highest BCUT2D eigenvalue weighted by Crippen LogP contribution is 2.29. The molecule has 5 rings (SSSR count). The molecule has 2 aromatic carbocycles. The zero-order valence-electron chi connectivity index (χ0n) is 20.0. The van der Waals surface area contributed by atoms with Crippen LogP contribution in [0.15, 0.2) is 73.1 Å². The van der Waals surface area contributed by atoms with Gasteiger partial charge in [-0.05, 0) is 47.0 Å². The minimum absolute atomic E-state index is 0.0363. The van der Waals surface area contributed by atoms with Crippen LogP contribution in [-0.4, -0.2) is 70.8 Å². The molecule has 0 spiro atoms. The van der Waals surface area contributed by atoms with Gasteiger partial charge in [0.1, 0.15) is 5.82 Å². The van der Waals surface area contributed by atoms with Crippen molar-refractivity contribution in [1.29, 1.82) is 0 Å². The van der Waals surface area contributed by atoms with Gasteiger partial charge in [-0.15, -0.1) is 0 Å². The fraction of sp³-hybridized carbons (Fsp3) is 0.321. The molecule has 8 heteroatoms. The van der Waals surface area contributed by atoms with Crippen LogP contribution >= 0.6 is 0 Å². The van der Waals surface area contributed by atoms with Crippen molar-refractivity contribution >= 4 is 12.2 Å². The van der Waals surface area contributed by atoms with Gasteiger partial charge in [0.2, 0.25) is 0 Å². The second kappa shape index (κ2) is 11.1. The lowest BCUT2D eigenvalue weighted by molar-refractivity contribution is -0.123. The van der Waals surface area contributed by atoms with Crippen LogP contribution in [0.4, 0.5) is 4.39 Å². The summed E-state index contributed by atoms with van der Waals surface area (Å²) >= 11 is 0. The number of aldehydes is 1. The Morgan fingerprint density at radius 3 is 2.39 bits per heavy atom. The average molecular weight is 489 g/mol. The zero-order valence-corrected chi connectivity index (χ0v) is 20.0. The van der Waals surface area contributed by atoms with Crippen LogP contribution in [0.25, 0.3) is 0 Å². The normalized spacial score (nSPS) is 21.0. The molecule has 3 heterocycles. The lowest BCUT2D eigenvalue weighted by Gasteiger charge is -2.34. The Bertz CT molecular complexity index is 1170. The molecule has 36 heavy (non-hydrogen) atoms. The quantitative estimate of drug-likeness (QED) is 0.476. The molecule has 0 saturated carbocycles. The monoisotopic (exact) mass is 488 g/mol. The molecule has 3 aromatic rings. The minimum atomic E-state index is -0.663. The number of carbonyl (C=O) groups excluding carboxylic acids is 2. The third-order valence-corrected chi connectivity index (χ3v) is 6.80. The highest BCUT2D eigenvalue weighted by atomic mass is 19.1. The van der Waals surface area contributed by atoms with Crippen LogP contribution in [0.5, 0.6) is 0 Å². The smallest absolute Gasteiger partial charge is 0.253 e. The standard InChI is InChI=1S/C28H29FN4O3/c29-25-9-7-23(8-10-25)26-19-33(27(20-34)36-26)18-21-3-5-24(6-4-21)28(35)32-14-12-31(13-15-32)17-22-2-1-11-30-16-22/h1-11,16,20,26-27H,12-15,17-19H2. The minimum Gasteiger partial charge on any atom is -0.347 e. The first-order chi connectivity index (χ1) is 17.6. The van der Waals surface area contributed by atoms with Crippen LogP contribution in [0.3, 0.4) is 0 Å². The van der Waals surface area contributed by atoms with Crippen LogP contribution in [0.2, 0.25) is 0 Å². The highest BCUT2D eigenvalue weighted by molar-refractivity contribution is 5.94. The zero-order chi connectivity index (χ0) is 24.9. The summed E-state index contributed by atoms with van der Waals surface area (Å²) in [5.41, 5.74) is 3.67. The molecule has 2 unspecified atom stereocenters. The SMILES string of the molecule is O=CC1OC(c2ccc(F)cc2)CN1Cc1ccc(C(=O)N2CCN(Cc3cccnc3)CC2)cc1. The summed E-state index contributed by atoms with van der Waals surface area (Å²) < 4.78 is 19.1. The molecule has 7 nitrogen and oxygen atoms in total. The van der Waals surface area contributed by atoms with Gasteiger partial charge < -0.3 is 9.64 Å². The maximum absolute atomic E-state index is 13.2. The summed E-state index contributed by atoms with van der Waals surface area (Å²) in [7, 11) is 0. The molecule has 0 N–H and O–H groups in total. The molecule has 0 radical (unpaired) electrons. The second-order valence-corrected chi connectivity index (χ2v) is 9.26. The predicted molar refractivity (Wildman–Crippen MR) is 132 cm³/mol. The summed E-state index contributed by atoms with van der Waals surface area (Å²) in [6.45, 7) is 4.93.